The van der Waals surface area contributed by atoms with Crippen LogP contribution >= 0.6 is 11.8 Å². The molecule has 0 bridgehead atoms. The number of anilines is 2. The molecular formula is C26H31N5O4S. The van der Waals surface area contributed by atoms with Gasteiger partial charge in [-0.1, -0.05) is 43.3 Å². The summed E-state index contributed by atoms with van der Waals surface area (Å²) in [4.78, 5) is 50.1. The third-order valence-corrected chi connectivity index (χ3v) is 6.90. The van der Waals surface area contributed by atoms with Crippen LogP contribution in [0.1, 0.15) is 25.1 Å². The number of hydrogen-bond acceptors (Lipinski definition) is 5. The van der Waals surface area contributed by atoms with Crippen LogP contribution in [0.5, 0.6) is 0 Å². The van der Waals surface area contributed by atoms with E-state index >= 15 is 0 Å². The Morgan fingerprint density at radius 1 is 0.972 bits per heavy atom. The molecule has 0 aliphatic heterocycles. The highest BCUT2D eigenvalue weighted by atomic mass is 32.2. The number of carbonyl (C=O) groups is 3. The van der Waals surface area contributed by atoms with E-state index in [0.717, 1.165) is 29.4 Å². The fourth-order valence-electron chi connectivity index (χ4n) is 3.59. The van der Waals surface area contributed by atoms with E-state index in [4.69, 9.17) is 0 Å². The van der Waals surface area contributed by atoms with Crippen molar-refractivity contribution in [2.24, 2.45) is 7.05 Å². The number of nitrogens with one attached hydrogen (secondary N) is 3. The maximum Gasteiger partial charge on any atom is 0.295 e. The van der Waals surface area contributed by atoms with Crippen LogP contribution in [-0.4, -0.2) is 44.6 Å². The maximum atomic E-state index is 13.0. The molecule has 2 aromatic carbocycles. The summed E-state index contributed by atoms with van der Waals surface area (Å²) in [7, 11) is 1.75. The van der Waals surface area contributed by atoms with Gasteiger partial charge in [-0.2, -0.15) is 0 Å². The van der Waals surface area contributed by atoms with Gasteiger partial charge >= 0.3 is 0 Å². The molecule has 36 heavy (non-hydrogen) atoms. The summed E-state index contributed by atoms with van der Waals surface area (Å²) in [5, 5.41) is 7.49. The first-order valence-electron chi connectivity index (χ1n) is 11.6. The second-order valence-corrected chi connectivity index (χ2v) is 9.54. The summed E-state index contributed by atoms with van der Waals surface area (Å²) in [5.41, 5.74) is 2.91. The van der Waals surface area contributed by atoms with Gasteiger partial charge < -0.3 is 16.0 Å². The van der Waals surface area contributed by atoms with Crippen molar-refractivity contribution in [2.75, 3.05) is 22.9 Å². The van der Waals surface area contributed by atoms with Crippen molar-refractivity contribution in [3.8, 4) is 5.69 Å². The lowest BCUT2D eigenvalue weighted by Crippen LogP contribution is -2.35. The van der Waals surface area contributed by atoms with Crippen molar-refractivity contribution < 1.29 is 14.4 Å². The molecule has 0 aliphatic rings. The zero-order valence-electron chi connectivity index (χ0n) is 20.8. The molecule has 0 aliphatic carbocycles. The minimum absolute atomic E-state index is 0.00453. The standard InChI is InChI=1S/C26H31N5O4S/c1-5-19-11-9-10-14-21(19)28-22(32)15-27-23(33)16-36-18(3)25(34)29-24-17(2)30(4)31(26(24)35)20-12-7-6-8-13-20/h6-14,18H,5,15-16H2,1-4H3,(H,27,33)(H,28,32)(H,29,34). The summed E-state index contributed by atoms with van der Waals surface area (Å²) >= 11 is 1.12. The quantitative estimate of drug-likeness (QED) is 0.389. The lowest BCUT2D eigenvalue weighted by Gasteiger charge is -2.12. The number of benzene rings is 2. The highest BCUT2D eigenvalue weighted by Crippen LogP contribution is 2.17. The predicted molar refractivity (Wildman–Crippen MR) is 144 cm³/mol. The molecule has 0 spiro atoms. The first-order chi connectivity index (χ1) is 17.2. The number of para-hydroxylation sites is 2. The van der Waals surface area contributed by atoms with E-state index in [2.05, 4.69) is 16.0 Å². The van der Waals surface area contributed by atoms with Crippen LogP contribution in [-0.2, 0) is 27.9 Å². The number of rotatable bonds is 10. The predicted octanol–water partition coefficient (Wildman–Crippen LogP) is 2.86. The number of nitrogens with zero attached hydrogens (tertiary/aromatic N) is 2. The monoisotopic (exact) mass is 509 g/mol. The SMILES string of the molecule is CCc1ccccc1NC(=O)CNC(=O)CSC(C)C(=O)Nc1c(C)n(C)n(-c2ccccc2)c1=O. The van der Waals surface area contributed by atoms with E-state index in [1.54, 1.807) is 25.6 Å². The lowest BCUT2D eigenvalue weighted by atomic mass is 10.1. The van der Waals surface area contributed by atoms with Gasteiger partial charge in [-0.05, 0) is 44.0 Å². The molecule has 190 valence electrons. The number of aryl methyl sites for hydroxylation is 1. The third kappa shape index (κ3) is 6.45. The molecule has 1 heterocycles. The Hall–Kier alpha value is -3.79. The second-order valence-electron chi connectivity index (χ2n) is 8.21. The molecule has 3 N–H and O–H groups in total. The highest BCUT2D eigenvalue weighted by Gasteiger charge is 2.22. The van der Waals surface area contributed by atoms with Gasteiger partial charge in [-0.15, -0.1) is 11.8 Å². The molecule has 3 rings (SSSR count). The van der Waals surface area contributed by atoms with Gasteiger partial charge in [0, 0.05) is 12.7 Å². The van der Waals surface area contributed by atoms with Crippen LogP contribution in [0.4, 0.5) is 11.4 Å². The average molecular weight is 510 g/mol. The van der Waals surface area contributed by atoms with Crippen LogP contribution in [0.2, 0.25) is 0 Å². The lowest BCUT2D eigenvalue weighted by molar-refractivity contribution is -0.122. The maximum absolute atomic E-state index is 13.0. The average Bonchev–Trinajstić information content (AvgIpc) is 3.09. The fraction of sp³-hybridized carbons (Fsp3) is 0.308. The topological polar surface area (TPSA) is 114 Å². The Balaban J connectivity index is 1.51. The van der Waals surface area contributed by atoms with Crippen molar-refractivity contribution in [3.05, 3.63) is 76.2 Å². The zero-order valence-corrected chi connectivity index (χ0v) is 21.6. The van der Waals surface area contributed by atoms with E-state index in [0.29, 0.717) is 11.4 Å². The molecule has 0 saturated carbocycles. The van der Waals surface area contributed by atoms with E-state index in [9.17, 15) is 19.2 Å². The number of hydrogen-bond donors (Lipinski definition) is 3. The Bertz CT molecular complexity index is 1300. The zero-order chi connectivity index (χ0) is 26.2. The van der Waals surface area contributed by atoms with Crippen molar-refractivity contribution in [3.63, 3.8) is 0 Å². The van der Waals surface area contributed by atoms with E-state index < -0.39 is 5.25 Å². The molecular weight excluding hydrogens is 478 g/mol. The Morgan fingerprint density at radius 2 is 1.64 bits per heavy atom. The van der Waals surface area contributed by atoms with Crippen molar-refractivity contribution in [2.45, 2.75) is 32.4 Å². The second kappa shape index (κ2) is 12.3. The summed E-state index contributed by atoms with van der Waals surface area (Å²) in [6.45, 7) is 5.25. The third-order valence-electron chi connectivity index (χ3n) is 5.75. The molecule has 3 aromatic rings. The van der Waals surface area contributed by atoms with Gasteiger partial charge in [-0.3, -0.25) is 23.9 Å². The Labute approximate surface area is 214 Å². The first-order valence-corrected chi connectivity index (χ1v) is 12.7. The summed E-state index contributed by atoms with van der Waals surface area (Å²) < 4.78 is 3.17. The van der Waals surface area contributed by atoms with Crippen molar-refractivity contribution >= 4 is 40.9 Å². The minimum atomic E-state index is -0.592. The van der Waals surface area contributed by atoms with Crippen LogP contribution < -0.4 is 21.5 Å². The van der Waals surface area contributed by atoms with Crippen LogP contribution in [0, 0.1) is 6.92 Å². The Morgan fingerprint density at radius 3 is 2.33 bits per heavy atom. The summed E-state index contributed by atoms with van der Waals surface area (Å²) in [6.07, 6.45) is 0.780. The molecule has 10 heteroatoms. The normalized spacial score (nSPS) is 11.6. The Kier molecular flexibility index (Phi) is 9.13. The van der Waals surface area contributed by atoms with Gasteiger partial charge in [0.05, 0.1) is 28.9 Å². The molecule has 0 fully saturated rings. The number of thioether (sulfide) groups is 1. The number of carbonyl (C=O) groups excluding carboxylic acids is 3. The molecule has 0 saturated heterocycles. The molecule has 9 nitrogen and oxygen atoms in total. The van der Waals surface area contributed by atoms with Gasteiger partial charge in [-0.25, -0.2) is 4.68 Å². The van der Waals surface area contributed by atoms with Gasteiger partial charge in [0.15, 0.2) is 0 Å². The largest absolute Gasteiger partial charge is 0.346 e. The molecule has 1 aromatic heterocycles. The van der Waals surface area contributed by atoms with Gasteiger partial charge in [0.2, 0.25) is 17.7 Å². The smallest absolute Gasteiger partial charge is 0.295 e. The summed E-state index contributed by atoms with van der Waals surface area (Å²) in [5.74, 6) is -1.07. The molecule has 1 atom stereocenters. The highest BCUT2D eigenvalue weighted by molar-refractivity contribution is 8.01. The molecule has 1 unspecified atom stereocenters. The van der Waals surface area contributed by atoms with Crippen LogP contribution in [0.3, 0.4) is 0 Å². The van der Waals surface area contributed by atoms with E-state index in [-0.39, 0.29) is 41.3 Å². The van der Waals surface area contributed by atoms with Crippen molar-refractivity contribution in [1.29, 1.82) is 0 Å². The van der Waals surface area contributed by atoms with Gasteiger partial charge in [0.25, 0.3) is 5.56 Å². The fourth-order valence-corrected chi connectivity index (χ4v) is 4.30. The number of amides is 3. The first kappa shape index (κ1) is 26.8. The van der Waals surface area contributed by atoms with Crippen molar-refractivity contribution in [1.82, 2.24) is 14.7 Å². The molecule has 3 amide bonds. The molecule has 0 radical (unpaired) electrons. The van der Waals surface area contributed by atoms with Crippen LogP contribution in [0.15, 0.2) is 59.4 Å². The van der Waals surface area contributed by atoms with Gasteiger partial charge in [0.1, 0.15) is 5.69 Å². The van der Waals surface area contributed by atoms with E-state index in [1.807, 2.05) is 61.5 Å². The minimum Gasteiger partial charge on any atom is -0.346 e. The number of aromatic nitrogens is 2. The van der Waals surface area contributed by atoms with E-state index in [1.165, 1.54) is 4.68 Å². The summed E-state index contributed by atoms with van der Waals surface area (Å²) in [6, 6.07) is 16.6. The van der Waals surface area contributed by atoms with Crippen LogP contribution in [0.25, 0.3) is 5.69 Å².